The van der Waals surface area contributed by atoms with Crippen LogP contribution < -0.4 is 5.32 Å². The number of carbonyl (C=O) groups is 1. The van der Waals surface area contributed by atoms with Crippen molar-refractivity contribution in [1.29, 1.82) is 0 Å². The Morgan fingerprint density at radius 1 is 1.32 bits per heavy atom. The normalized spacial score (nSPS) is 16.7. The molecule has 1 heterocycles. The molecule has 104 valence electrons. The average Bonchev–Trinajstić information content (AvgIpc) is 2.92. The van der Waals surface area contributed by atoms with E-state index in [9.17, 15) is 13.6 Å². The summed E-state index contributed by atoms with van der Waals surface area (Å²) in [5.74, 6) is -1.66. The van der Waals surface area contributed by atoms with Gasteiger partial charge in [0.1, 0.15) is 0 Å². The summed E-state index contributed by atoms with van der Waals surface area (Å²) in [4.78, 5) is 13.7. The van der Waals surface area contributed by atoms with Crippen LogP contribution >= 0.6 is 0 Å². The molecule has 19 heavy (non-hydrogen) atoms. The smallest absolute Gasteiger partial charge is 0.236 e. The Bertz CT molecular complexity index is 459. The first-order valence-electron chi connectivity index (χ1n) is 6.54. The van der Waals surface area contributed by atoms with Gasteiger partial charge in [0.05, 0.1) is 6.54 Å². The van der Waals surface area contributed by atoms with Crippen LogP contribution in [0.15, 0.2) is 18.2 Å². The van der Waals surface area contributed by atoms with Crippen LogP contribution in [-0.4, -0.2) is 30.4 Å². The molecule has 1 atom stereocenters. The van der Waals surface area contributed by atoms with E-state index in [1.807, 2.05) is 11.8 Å². The minimum Gasteiger partial charge on any atom is -0.342 e. The number of hydrogen-bond donors (Lipinski definition) is 1. The number of nitrogens with zero attached hydrogens (tertiary/aromatic N) is 1. The van der Waals surface area contributed by atoms with Crippen LogP contribution in [0.4, 0.5) is 8.78 Å². The molecule has 1 aliphatic rings. The van der Waals surface area contributed by atoms with Crippen LogP contribution in [0.5, 0.6) is 0 Å². The van der Waals surface area contributed by atoms with Crippen LogP contribution in [0.1, 0.15) is 31.4 Å². The highest BCUT2D eigenvalue weighted by atomic mass is 19.2. The van der Waals surface area contributed by atoms with Gasteiger partial charge < -0.3 is 10.2 Å². The Labute approximate surface area is 111 Å². The lowest BCUT2D eigenvalue weighted by Crippen LogP contribution is -2.37. The van der Waals surface area contributed by atoms with Gasteiger partial charge in [0.25, 0.3) is 0 Å². The summed E-state index contributed by atoms with van der Waals surface area (Å²) in [6.07, 6.45) is 2.12. The molecule has 1 amide bonds. The van der Waals surface area contributed by atoms with Crippen LogP contribution in [0.3, 0.4) is 0 Å². The third-order valence-electron chi connectivity index (χ3n) is 3.46. The molecule has 1 aromatic carbocycles. The predicted molar refractivity (Wildman–Crippen MR) is 68.6 cm³/mol. The number of amides is 1. The summed E-state index contributed by atoms with van der Waals surface area (Å²) in [5.41, 5.74) is 0.633. The van der Waals surface area contributed by atoms with E-state index in [-0.39, 0.29) is 18.5 Å². The van der Waals surface area contributed by atoms with Gasteiger partial charge in [0.15, 0.2) is 11.6 Å². The first-order chi connectivity index (χ1) is 9.08. The van der Waals surface area contributed by atoms with Gasteiger partial charge in [0.2, 0.25) is 5.91 Å². The molecule has 0 aliphatic carbocycles. The zero-order chi connectivity index (χ0) is 13.8. The van der Waals surface area contributed by atoms with Crippen molar-refractivity contribution in [3.05, 3.63) is 35.4 Å². The highest BCUT2D eigenvalue weighted by Gasteiger charge is 2.18. The third kappa shape index (κ3) is 3.50. The number of benzene rings is 1. The number of halogens is 2. The second kappa shape index (κ2) is 6.10. The maximum absolute atomic E-state index is 13.1. The van der Waals surface area contributed by atoms with Gasteiger partial charge in [-0.25, -0.2) is 8.78 Å². The Morgan fingerprint density at radius 2 is 2.00 bits per heavy atom. The summed E-state index contributed by atoms with van der Waals surface area (Å²) < 4.78 is 25.9. The van der Waals surface area contributed by atoms with Crippen LogP contribution in [0.2, 0.25) is 0 Å². The summed E-state index contributed by atoms with van der Waals surface area (Å²) in [7, 11) is 0. The van der Waals surface area contributed by atoms with Crippen LogP contribution in [-0.2, 0) is 4.79 Å². The molecular formula is C14H18F2N2O. The fourth-order valence-electron chi connectivity index (χ4n) is 2.22. The second-order valence-electron chi connectivity index (χ2n) is 4.86. The van der Waals surface area contributed by atoms with Crippen molar-refractivity contribution >= 4 is 5.91 Å². The molecule has 1 unspecified atom stereocenters. The van der Waals surface area contributed by atoms with Gasteiger partial charge in [-0.05, 0) is 37.5 Å². The van der Waals surface area contributed by atoms with Gasteiger partial charge in [-0.1, -0.05) is 6.07 Å². The van der Waals surface area contributed by atoms with E-state index in [4.69, 9.17) is 0 Å². The molecule has 0 saturated carbocycles. The molecule has 1 N–H and O–H groups in total. The van der Waals surface area contributed by atoms with E-state index >= 15 is 0 Å². The average molecular weight is 268 g/mol. The van der Waals surface area contributed by atoms with Gasteiger partial charge in [-0.3, -0.25) is 4.79 Å². The molecule has 1 aromatic rings. The van der Waals surface area contributed by atoms with E-state index in [2.05, 4.69) is 5.32 Å². The lowest BCUT2D eigenvalue weighted by molar-refractivity contribution is -0.129. The van der Waals surface area contributed by atoms with Crippen molar-refractivity contribution < 1.29 is 13.6 Å². The molecule has 1 saturated heterocycles. The lowest BCUT2D eigenvalue weighted by Gasteiger charge is -2.18. The van der Waals surface area contributed by atoms with E-state index in [1.165, 1.54) is 6.07 Å². The Hall–Kier alpha value is -1.49. The molecule has 5 heteroatoms. The molecular weight excluding hydrogens is 250 g/mol. The van der Waals surface area contributed by atoms with E-state index < -0.39 is 11.6 Å². The lowest BCUT2D eigenvalue weighted by atomic mass is 10.1. The largest absolute Gasteiger partial charge is 0.342 e. The molecule has 0 bridgehead atoms. The molecule has 2 rings (SSSR count). The van der Waals surface area contributed by atoms with Gasteiger partial charge in [-0.2, -0.15) is 0 Å². The molecule has 3 nitrogen and oxygen atoms in total. The van der Waals surface area contributed by atoms with Gasteiger partial charge in [0, 0.05) is 19.1 Å². The van der Waals surface area contributed by atoms with Crippen molar-refractivity contribution in [2.75, 3.05) is 19.6 Å². The minimum atomic E-state index is -0.864. The monoisotopic (exact) mass is 268 g/mol. The fourth-order valence-corrected chi connectivity index (χ4v) is 2.22. The van der Waals surface area contributed by atoms with Crippen molar-refractivity contribution in [3.63, 3.8) is 0 Å². The maximum atomic E-state index is 13.1. The SMILES string of the molecule is CC(NCC(=O)N1CCCC1)c1ccc(F)c(F)c1. The maximum Gasteiger partial charge on any atom is 0.236 e. The first-order valence-corrected chi connectivity index (χ1v) is 6.54. The van der Waals surface area contributed by atoms with Gasteiger partial charge in [-0.15, -0.1) is 0 Å². The molecule has 0 aromatic heterocycles. The number of carbonyl (C=O) groups excluding carboxylic acids is 1. The van der Waals surface area contributed by atoms with Crippen molar-refractivity contribution in [3.8, 4) is 0 Å². The molecule has 0 spiro atoms. The number of hydrogen-bond acceptors (Lipinski definition) is 2. The number of rotatable bonds is 4. The number of likely N-dealkylation sites (tertiary alicyclic amines) is 1. The molecule has 1 fully saturated rings. The Kier molecular flexibility index (Phi) is 4.47. The topological polar surface area (TPSA) is 32.3 Å². The Balaban J connectivity index is 1.88. The second-order valence-corrected chi connectivity index (χ2v) is 4.86. The van der Waals surface area contributed by atoms with Crippen LogP contribution in [0, 0.1) is 11.6 Å². The quantitative estimate of drug-likeness (QED) is 0.908. The zero-order valence-electron chi connectivity index (χ0n) is 11.0. The fraction of sp³-hybridized carbons (Fsp3) is 0.500. The highest BCUT2D eigenvalue weighted by Crippen LogP contribution is 2.16. The third-order valence-corrected chi connectivity index (χ3v) is 3.46. The zero-order valence-corrected chi connectivity index (χ0v) is 11.0. The minimum absolute atomic E-state index is 0.0620. The summed E-state index contributed by atoms with van der Waals surface area (Å²) in [5, 5.41) is 3.04. The molecule has 1 aliphatic heterocycles. The van der Waals surface area contributed by atoms with E-state index in [0.717, 1.165) is 38.1 Å². The Morgan fingerprint density at radius 3 is 2.63 bits per heavy atom. The van der Waals surface area contributed by atoms with Crippen LogP contribution in [0.25, 0.3) is 0 Å². The standard InChI is InChI=1S/C14H18F2N2O/c1-10(11-4-5-12(15)13(16)8-11)17-9-14(19)18-6-2-3-7-18/h4-5,8,10,17H,2-3,6-7,9H2,1H3. The van der Waals surface area contributed by atoms with Crippen molar-refractivity contribution in [2.45, 2.75) is 25.8 Å². The van der Waals surface area contributed by atoms with Crippen molar-refractivity contribution in [1.82, 2.24) is 10.2 Å². The summed E-state index contributed by atoms with van der Waals surface area (Å²) >= 11 is 0. The first kappa shape index (κ1) is 13.9. The van der Waals surface area contributed by atoms with Crippen molar-refractivity contribution in [2.24, 2.45) is 0 Å². The highest BCUT2D eigenvalue weighted by molar-refractivity contribution is 5.78. The summed E-state index contributed by atoms with van der Waals surface area (Å²) in [6.45, 7) is 3.68. The predicted octanol–water partition coefficient (Wildman–Crippen LogP) is 2.24. The summed E-state index contributed by atoms with van der Waals surface area (Å²) in [6, 6.07) is 3.59. The number of nitrogens with one attached hydrogen (secondary N) is 1. The van der Waals surface area contributed by atoms with E-state index in [1.54, 1.807) is 0 Å². The van der Waals surface area contributed by atoms with Gasteiger partial charge >= 0.3 is 0 Å². The molecule has 0 radical (unpaired) electrons. The van der Waals surface area contributed by atoms with E-state index in [0.29, 0.717) is 5.56 Å².